The van der Waals surface area contributed by atoms with Crippen LogP contribution in [0.2, 0.25) is 0 Å². The van der Waals surface area contributed by atoms with Gasteiger partial charge in [-0.3, -0.25) is 9.79 Å². The first-order valence-corrected chi connectivity index (χ1v) is 10.7. The van der Waals surface area contributed by atoms with Crippen LogP contribution < -0.4 is 5.32 Å². The summed E-state index contributed by atoms with van der Waals surface area (Å²) >= 11 is 0. The number of rotatable bonds is 9. The number of nitrogens with zero attached hydrogens (tertiary/aromatic N) is 3. The van der Waals surface area contributed by atoms with Gasteiger partial charge in [0.25, 0.3) is 0 Å². The summed E-state index contributed by atoms with van der Waals surface area (Å²) in [6, 6.07) is 5.29. The Bertz CT molecular complexity index is 755. The summed E-state index contributed by atoms with van der Waals surface area (Å²) in [5.41, 5.74) is 0. The minimum absolute atomic E-state index is 0. The molecular formula is C18H30FIN4O3S. The second-order valence-electron chi connectivity index (χ2n) is 5.91. The van der Waals surface area contributed by atoms with Gasteiger partial charge in [-0.2, -0.15) is 0 Å². The zero-order valence-corrected chi connectivity index (χ0v) is 20.0. The molecule has 0 saturated heterocycles. The third kappa shape index (κ3) is 7.90. The lowest BCUT2D eigenvalue weighted by Crippen LogP contribution is -2.45. The van der Waals surface area contributed by atoms with Gasteiger partial charge in [-0.05, 0) is 32.9 Å². The zero-order chi connectivity index (χ0) is 20.4. The van der Waals surface area contributed by atoms with Gasteiger partial charge in [0.15, 0.2) is 15.8 Å². The van der Waals surface area contributed by atoms with Crippen molar-refractivity contribution in [3.8, 4) is 0 Å². The molecule has 0 spiro atoms. The summed E-state index contributed by atoms with van der Waals surface area (Å²) in [7, 11) is -2.06. The van der Waals surface area contributed by atoms with Gasteiger partial charge in [-0.25, -0.2) is 12.8 Å². The molecule has 0 bridgehead atoms. The Labute approximate surface area is 184 Å². The molecule has 1 aromatic carbocycles. The number of carbonyl (C=O) groups excluding carboxylic acids is 1. The maximum Gasteiger partial charge on any atom is 0.242 e. The van der Waals surface area contributed by atoms with Crippen molar-refractivity contribution in [2.24, 2.45) is 4.99 Å². The lowest BCUT2D eigenvalue weighted by Gasteiger charge is -2.25. The molecule has 0 aliphatic rings. The fraction of sp³-hybridized carbons (Fsp3) is 0.556. The molecule has 1 amide bonds. The lowest BCUT2D eigenvalue weighted by atomic mass is 10.3. The number of hydrogen-bond acceptors (Lipinski definition) is 4. The molecule has 0 heterocycles. The summed E-state index contributed by atoms with van der Waals surface area (Å²) < 4.78 is 38.3. The van der Waals surface area contributed by atoms with Gasteiger partial charge in [0.1, 0.15) is 10.7 Å². The SMILES string of the molecule is CCNC(=NCCS(=O)(=O)c1ccccc1F)N(C)CC(=O)N(CC)CC.I. The molecule has 28 heavy (non-hydrogen) atoms. The van der Waals surface area contributed by atoms with Gasteiger partial charge in [0.05, 0.1) is 18.8 Å². The Kier molecular flexibility index (Phi) is 12.3. The van der Waals surface area contributed by atoms with E-state index in [1.807, 2.05) is 20.8 Å². The highest BCUT2D eigenvalue weighted by Gasteiger charge is 2.19. The minimum Gasteiger partial charge on any atom is -0.357 e. The average Bonchev–Trinajstić information content (AvgIpc) is 2.62. The van der Waals surface area contributed by atoms with Crippen LogP contribution in [0.3, 0.4) is 0 Å². The fourth-order valence-corrected chi connectivity index (χ4v) is 3.71. The van der Waals surface area contributed by atoms with Gasteiger partial charge < -0.3 is 15.1 Å². The van der Waals surface area contributed by atoms with Crippen molar-refractivity contribution < 1.29 is 17.6 Å². The van der Waals surface area contributed by atoms with Crippen molar-refractivity contribution >= 4 is 45.7 Å². The van der Waals surface area contributed by atoms with E-state index in [4.69, 9.17) is 0 Å². The Balaban J connectivity index is 0.00000729. The number of benzene rings is 1. The number of sulfone groups is 1. The summed E-state index contributed by atoms with van der Waals surface area (Å²) in [4.78, 5) is 19.6. The predicted molar refractivity (Wildman–Crippen MR) is 120 cm³/mol. The summed E-state index contributed by atoms with van der Waals surface area (Å²) in [6.07, 6.45) is 0. The van der Waals surface area contributed by atoms with Crippen LogP contribution in [0.5, 0.6) is 0 Å². The largest absolute Gasteiger partial charge is 0.357 e. The van der Waals surface area contributed by atoms with Crippen molar-refractivity contribution in [2.75, 3.05) is 45.5 Å². The maximum absolute atomic E-state index is 13.7. The molecule has 0 atom stereocenters. The molecule has 0 saturated carbocycles. The topological polar surface area (TPSA) is 82.1 Å². The van der Waals surface area contributed by atoms with E-state index < -0.39 is 15.7 Å². The van der Waals surface area contributed by atoms with Gasteiger partial charge >= 0.3 is 0 Å². The van der Waals surface area contributed by atoms with Crippen LogP contribution in [0, 0.1) is 5.82 Å². The van der Waals surface area contributed by atoms with Gasteiger partial charge in [0.2, 0.25) is 5.91 Å². The second kappa shape index (κ2) is 12.9. The van der Waals surface area contributed by atoms with E-state index in [9.17, 15) is 17.6 Å². The van der Waals surface area contributed by atoms with E-state index in [0.29, 0.717) is 25.6 Å². The highest BCUT2D eigenvalue weighted by molar-refractivity contribution is 14.0. The monoisotopic (exact) mass is 528 g/mol. The number of halogens is 2. The molecule has 0 aromatic heterocycles. The van der Waals surface area contributed by atoms with E-state index in [0.717, 1.165) is 6.07 Å². The Morgan fingerprint density at radius 2 is 1.79 bits per heavy atom. The third-order valence-corrected chi connectivity index (χ3v) is 5.70. The van der Waals surface area contributed by atoms with E-state index >= 15 is 0 Å². The second-order valence-corrected chi connectivity index (χ2v) is 7.98. The molecule has 10 heteroatoms. The molecule has 0 aliphatic heterocycles. The number of carbonyl (C=O) groups is 1. The van der Waals surface area contributed by atoms with Crippen LogP contribution in [-0.2, 0) is 14.6 Å². The van der Waals surface area contributed by atoms with Crippen LogP contribution in [0.1, 0.15) is 20.8 Å². The zero-order valence-electron chi connectivity index (χ0n) is 16.8. The number of guanidine groups is 1. The Morgan fingerprint density at radius 1 is 1.18 bits per heavy atom. The molecule has 0 aliphatic carbocycles. The molecule has 1 N–H and O–H groups in total. The van der Waals surface area contributed by atoms with Crippen LogP contribution >= 0.6 is 24.0 Å². The van der Waals surface area contributed by atoms with Gasteiger partial charge in [-0.1, -0.05) is 12.1 Å². The first kappa shape index (κ1) is 26.6. The van der Waals surface area contributed by atoms with Crippen LogP contribution in [0.25, 0.3) is 0 Å². The number of nitrogens with one attached hydrogen (secondary N) is 1. The lowest BCUT2D eigenvalue weighted by molar-refractivity contribution is -0.131. The summed E-state index contributed by atoms with van der Waals surface area (Å²) in [6.45, 7) is 7.61. The molecule has 1 aromatic rings. The highest BCUT2D eigenvalue weighted by Crippen LogP contribution is 2.15. The van der Waals surface area contributed by atoms with Crippen LogP contribution in [0.4, 0.5) is 4.39 Å². The van der Waals surface area contributed by atoms with Crippen molar-refractivity contribution in [2.45, 2.75) is 25.7 Å². The Hall–Kier alpha value is -1.43. The molecule has 0 fully saturated rings. The van der Waals surface area contributed by atoms with Crippen LogP contribution in [0.15, 0.2) is 34.2 Å². The molecular weight excluding hydrogens is 498 g/mol. The Morgan fingerprint density at radius 3 is 2.32 bits per heavy atom. The minimum atomic E-state index is -3.78. The van der Waals surface area contributed by atoms with Gasteiger partial charge in [0, 0.05) is 26.7 Å². The molecule has 0 radical (unpaired) electrons. The van der Waals surface area contributed by atoms with E-state index in [-0.39, 0.29) is 53.6 Å². The van der Waals surface area contributed by atoms with Gasteiger partial charge in [-0.15, -0.1) is 24.0 Å². The predicted octanol–water partition coefficient (Wildman–Crippen LogP) is 1.98. The summed E-state index contributed by atoms with van der Waals surface area (Å²) in [5.74, 6) is -0.690. The summed E-state index contributed by atoms with van der Waals surface area (Å²) in [5, 5.41) is 3.04. The number of aliphatic imine (C=N–C) groups is 1. The first-order chi connectivity index (χ1) is 12.8. The average molecular weight is 528 g/mol. The maximum atomic E-state index is 13.7. The van der Waals surface area contributed by atoms with E-state index in [2.05, 4.69) is 10.3 Å². The smallest absolute Gasteiger partial charge is 0.242 e. The normalized spacial score (nSPS) is 11.5. The highest BCUT2D eigenvalue weighted by atomic mass is 127. The van der Waals surface area contributed by atoms with E-state index in [1.165, 1.54) is 18.2 Å². The standard InChI is InChI=1S/C18H29FN4O3S.HI/c1-5-20-18(22(4)14-17(24)23(6-2)7-3)21-12-13-27(25,26)16-11-9-8-10-15(16)19;/h8-11H,5-7,12-14H2,1-4H3,(H,20,21);1H. The van der Waals surface area contributed by atoms with Crippen LogP contribution in [-0.4, -0.2) is 75.6 Å². The van der Waals surface area contributed by atoms with Crippen molar-refractivity contribution in [1.29, 1.82) is 0 Å². The third-order valence-electron chi connectivity index (χ3n) is 3.98. The number of likely N-dealkylation sites (N-methyl/N-ethyl adjacent to an activating group) is 2. The quantitative estimate of drug-likeness (QED) is 0.301. The van der Waals surface area contributed by atoms with Crippen molar-refractivity contribution in [3.63, 3.8) is 0 Å². The van der Waals surface area contributed by atoms with E-state index in [1.54, 1.807) is 16.8 Å². The first-order valence-electron chi connectivity index (χ1n) is 9.01. The van der Waals surface area contributed by atoms with Crippen molar-refractivity contribution in [3.05, 3.63) is 30.1 Å². The molecule has 7 nitrogen and oxygen atoms in total. The molecule has 160 valence electrons. The molecule has 0 unspecified atom stereocenters. The van der Waals surface area contributed by atoms with Crippen molar-refractivity contribution in [1.82, 2.24) is 15.1 Å². The number of hydrogen-bond donors (Lipinski definition) is 1. The molecule has 1 rings (SSSR count). The number of amides is 1. The fourth-order valence-electron chi connectivity index (χ4n) is 2.50.